The van der Waals surface area contributed by atoms with E-state index in [9.17, 15) is 4.79 Å². The van der Waals surface area contributed by atoms with Gasteiger partial charge in [0.25, 0.3) is 0 Å². The number of hydrogen-bond acceptors (Lipinski definition) is 2. The van der Waals surface area contributed by atoms with Crippen molar-refractivity contribution in [2.75, 3.05) is 0 Å². The summed E-state index contributed by atoms with van der Waals surface area (Å²) in [5.41, 5.74) is 0. The van der Waals surface area contributed by atoms with E-state index in [1.807, 2.05) is 0 Å². The van der Waals surface area contributed by atoms with Crippen LogP contribution in [-0.2, 0) is 4.79 Å². The molecule has 0 bridgehead atoms. The van der Waals surface area contributed by atoms with Gasteiger partial charge >= 0.3 is 0 Å². The van der Waals surface area contributed by atoms with Gasteiger partial charge < -0.3 is 5.41 Å². The van der Waals surface area contributed by atoms with Crippen LogP contribution >= 0.6 is 0 Å². The standard InChI is InChI=1S/C5H7NO/c1-5(7)3-2-4-6/h2-4,6H,1H3. The van der Waals surface area contributed by atoms with Gasteiger partial charge in [0.15, 0.2) is 5.78 Å². The highest BCUT2D eigenvalue weighted by Gasteiger charge is 1.74. The Labute approximate surface area is 42.4 Å². The zero-order chi connectivity index (χ0) is 5.70. The first-order valence-electron chi connectivity index (χ1n) is 1.95. The van der Waals surface area contributed by atoms with E-state index < -0.39 is 0 Å². The smallest absolute Gasteiger partial charge is 0.152 e. The fourth-order valence-electron chi connectivity index (χ4n) is 0.184. The second-order valence-electron chi connectivity index (χ2n) is 1.14. The molecule has 0 spiro atoms. The van der Waals surface area contributed by atoms with E-state index in [4.69, 9.17) is 5.41 Å². The molecule has 0 rings (SSSR count). The molecule has 0 radical (unpaired) electrons. The maximum absolute atomic E-state index is 10.0. The van der Waals surface area contributed by atoms with Crippen molar-refractivity contribution in [2.24, 2.45) is 0 Å². The van der Waals surface area contributed by atoms with Gasteiger partial charge in [-0.2, -0.15) is 0 Å². The highest BCUT2D eigenvalue weighted by Crippen LogP contribution is 1.68. The van der Waals surface area contributed by atoms with Crippen molar-refractivity contribution in [1.29, 1.82) is 5.41 Å². The minimum atomic E-state index is -0.0245. The molecule has 0 aliphatic heterocycles. The van der Waals surface area contributed by atoms with Gasteiger partial charge in [-0.25, -0.2) is 0 Å². The highest BCUT2D eigenvalue weighted by molar-refractivity contribution is 5.90. The number of ketones is 1. The molecule has 0 aromatic carbocycles. The fraction of sp³-hybridized carbons (Fsp3) is 0.200. The van der Waals surface area contributed by atoms with Crippen molar-refractivity contribution in [3.8, 4) is 0 Å². The normalized spacial score (nSPS) is 9.29. The van der Waals surface area contributed by atoms with Gasteiger partial charge in [-0.15, -0.1) is 0 Å². The van der Waals surface area contributed by atoms with Crippen molar-refractivity contribution in [3.63, 3.8) is 0 Å². The van der Waals surface area contributed by atoms with Gasteiger partial charge in [0, 0.05) is 6.21 Å². The van der Waals surface area contributed by atoms with E-state index in [2.05, 4.69) is 0 Å². The first kappa shape index (κ1) is 6.08. The van der Waals surface area contributed by atoms with Crippen LogP contribution in [0.5, 0.6) is 0 Å². The number of rotatable bonds is 2. The number of carbonyl (C=O) groups is 1. The second-order valence-corrected chi connectivity index (χ2v) is 1.14. The fourth-order valence-corrected chi connectivity index (χ4v) is 0.184. The largest absolute Gasteiger partial charge is 0.309 e. The molecular weight excluding hydrogens is 90.1 g/mol. The van der Waals surface area contributed by atoms with E-state index >= 15 is 0 Å². The van der Waals surface area contributed by atoms with Gasteiger partial charge in [-0.3, -0.25) is 4.79 Å². The lowest BCUT2D eigenvalue weighted by Crippen LogP contribution is -1.78. The predicted octanol–water partition coefficient (Wildman–Crippen LogP) is 0.781. The van der Waals surface area contributed by atoms with Crippen LogP contribution in [-0.4, -0.2) is 12.0 Å². The molecule has 2 nitrogen and oxygen atoms in total. The molecule has 0 aromatic heterocycles. The molecule has 0 aliphatic rings. The Hall–Kier alpha value is -0.920. The monoisotopic (exact) mass is 97.1 g/mol. The van der Waals surface area contributed by atoms with Crippen LogP contribution in [0.25, 0.3) is 0 Å². The van der Waals surface area contributed by atoms with Crippen LogP contribution in [0, 0.1) is 5.41 Å². The summed E-state index contributed by atoms with van der Waals surface area (Å²) in [6.45, 7) is 1.44. The molecule has 0 fully saturated rings. The zero-order valence-corrected chi connectivity index (χ0v) is 4.14. The Morgan fingerprint density at radius 2 is 2.29 bits per heavy atom. The third-order valence-electron chi connectivity index (χ3n) is 0.427. The minimum absolute atomic E-state index is 0.0245. The molecule has 0 aliphatic carbocycles. The van der Waals surface area contributed by atoms with E-state index in [1.165, 1.54) is 19.1 Å². The first-order valence-corrected chi connectivity index (χ1v) is 1.95. The Balaban J connectivity index is 3.46. The average Bonchev–Trinajstić information content (AvgIpc) is 1.61. The molecule has 7 heavy (non-hydrogen) atoms. The molecule has 1 N–H and O–H groups in total. The first-order chi connectivity index (χ1) is 3.27. The number of hydrogen-bond donors (Lipinski definition) is 1. The molecule has 0 atom stereocenters. The van der Waals surface area contributed by atoms with Crippen LogP contribution in [0.15, 0.2) is 12.2 Å². The van der Waals surface area contributed by atoms with Crippen LogP contribution in [0.4, 0.5) is 0 Å². The summed E-state index contributed by atoms with van der Waals surface area (Å²) in [5, 5.41) is 6.43. The van der Waals surface area contributed by atoms with Crippen LogP contribution in [0.2, 0.25) is 0 Å². The highest BCUT2D eigenvalue weighted by atomic mass is 16.1. The SMILES string of the molecule is CC(=O)C=CC=N. The van der Waals surface area contributed by atoms with Gasteiger partial charge in [0.2, 0.25) is 0 Å². The molecule has 0 heterocycles. The van der Waals surface area contributed by atoms with Gasteiger partial charge in [0.1, 0.15) is 0 Å². The lowest BCUT2D eigenvalue weighted by molar-refractivity contribution is -0.112. The average molecular weight is 97.1 g/mol. The number of allylic oxidation sites excluding steroid dienone is 2. The number of carbonyl (C=O) groups excluding carboxylic acids is 1. The summed E-state index contributed by atoms with van der Waals surface area (Å²) in [6.07, 6.45) is 3.80. The number of nitrogens with one attached hydrogen (secondary N) is 1. The predicted molar refractivity (Wildman–Crippen MR) is 28.6 cm³/mol. The lowest BCUT2D eigenvalue weighted by atomic mass is 10.4. The quantitative estimate of drug-likeness (QED) is 0.401. The molecule has 0 unspecified atom stereocenters. The van der Waals surface area contributed by atoms with Crippen molar-refractivity contribution >= 4 is 12.0 Å². The second kappa shape index (κ2) is 3.28. The van der Waals surface area contributed by atoms with Crippen LogP contribution in [0.3, 0.4) is 0 Å². The summed E-state index contributed by atoms with van der Waals surface area (Å²) in [7, 11) is 0. The van der Waals surface area contributed by atoms with Gasteiger partial charge in [-0.1, -0.05) is 0 Å². The minimum Gasteiger partial charge on any atom is -0.309 e. The zero-order valence-electron chi connectivity index (χ0n) is 4.14. The summed E-state index contributed by atoms with van der Waals surface area (Å²) in [5.74, 6) is -0.0245. The van der Waals surface area contributed by atoms with E-state index in [-0.39, 0.29) is 5.78 Å². The Morgan fingerprint density at radius 3 is 2.43 bits per heavy atom. The summed E-state index contributed by atoms with van der Waals surface area (Å²) in [6, 6.07) is 0. The maximum Gasteiger partial charge on any atom is 0.152 e. The molecule has 38 valence electrons. The van der Waals surface area contributed by atoms with Crippen molar-refractivity contribution < 1.29 is 4.79 Å². The molecule has 0 aromatic rings. The molecule has 0 saturated carbocycles. The molecule has 2 heteroatoms. The van der Waals surface area contributed by atoms with Gasteiger partial charge in [-0.05, 0) is 19.1 Å². The maximum atomic E-state index is 10.0. The Morgan fingerprint density at radius 1 is 1.71 bits per heavy atom. The Bertz CT molecular complexity index is 105. The summed E-state index contributed by atoms with van der Waals surface area (Å²) < 4.78 is 0. The van der Waals surface area contributed by atoms with Crippen molar-refractivity contribution in [2.45, 2.75) is 6.92 Å². The van der Waals surface area contributed by atoms with E-state index in [1.54, 1.807) is 0 Å². The molecule has 0 saturated heterocycles. The van der Waals surface area contributed by atoms with Crippen molar-refractivity contribution in [3.05, 3.63) is 12.2 Å². The van der Waals surface area contributed by atoms with Crippen LogP contribution < -0.4 is 0 Å². The topological polar surface area (TPSA) is 40.9 Å². The summed E-state index contributed by atoms with van der Waals surface area (Å²) in [4.78, 5) is 10.0. The lowest BCUT2D eigenvalue weighted by Gasteiger charge is -1.69. The van der Waals surface area contributed by atoms with E-state index in [0.29, 0.717) is 0 Å². The van der Waals surface area contributed by atoms with Crippen LogP contribution in [0.1, 0.15) is 6.92 Å². The Kier molecular flexibility index (Phi) is 2.85. The third kappa shape index (κ3) is 5.08. The van der Waals surface area contributed by atoms with E-state index in [0.717, 1.165) is 6.21 Å². The third-order valence-corrected chi connectivity index (χ3v) is 0.427. The van der Waals surface area contributed by atoms with Crippen molar-refractivity contribution in [1.82, 2.24) is 0 Å². The molecule has 0 amide bonds. The van der Waals surface area contributed by atoms with Gasteiger partial charge in [0.05, 0.1) is 0 Å². The molecular formula is C5H7NO. The summed E-state index contributed by atoms with van der Waals surface area (Å²) >= 11 is 0.